The van der Waals surface area contributed by atoms with Crippen LogP contribution < -0.4 is 10.6 Å². The minimum Gasteiger partial charge on any atom is -0.444 e. The maximum atomic E-state index is 11.9. The van der Waals surface area contributed by atoms with E-state index in [0.717, 1.165) is 9.40 Å². The first-order chi connectivity index (χ1) is 10.9. The third kappa shape index (κ3) is 5.10. The zero-order valence-corrected chi connectivity index (χ0v) is 16.2. The second kappa shape index (κ2) is 6.60. The van der Waals surface area contributed by atoms with Gasteiger partial charge in [-0.3, -0.25) is 10.6 Å². The lowest BCUT2D eigenvalue weighted by Gasteiger charge is -2.19. The highest BCUT2D eigenvalue weighted by Gasteiger charge is 2.21. The van der Waals surface area contributed by atoms with Crippen LogP contribution in [0, 0.1) is 0 Å². The lowest BCUT2D eigenvalue weighted by molar-refractivity contribution is 0.0624. The van der Waals surface area contributed by atoms with Gasteiger partial charge in [0.25, 0.3) is 0 Å². The summed E-state index contributed by atoms with van der Waals surface area (Å²) in [7, 11) is 0. The average molecular weight is 370 g/mol. The summed E-state index contributed by atoms with van der Waals surface area (Å²) in [6.07, 6.45) is -1.01. The molecule has 2 aromatic heterocycles. The van der Waals surface area contributed by atoms with Crippen LogP contribution in [-0.4, -0.2) is 23.4 Å². The Bertz CT molecular complexity index is 686. The topological polar surface area (TPSA) is 76.7 Å². The van der Waals surface area contributed by atoms with Crippen molar-refractivity contribution in [2.24, 2.45) is 0 Å². The lowest BCUT2D eigenvalue weighted by Crippen LogP contribution is -2.27. The summed E-state index contributed by atoms with van der Waals surface area (Å²) < 4.78 is 12.3. The average Bonchev–Trinajstić information content (AvgIpc) is 2.89. The molecule has 2 rings (SSSR count). The van der Waals surface area contributed by atoms with Crippen molar-refractivity contribution in [2.75, 3.05) is 10.6 Å². The van der Waals surface area contributed by atoms with Crippen LogP contribution in [0.5, 0.6) is 0 Å². The first-order valence-electron chi connectivity index (χ1n) is 7.43. The fourth-order valence-corrected chi connectivity index (χ4v) is 3.99. The molecule has 8 heteroatoms. The SMILES string of the molecule is CC(C)(C)OC(=O)Nc1csc2c(NC(=O)OC(C)(C)C)csc12. The van der Waals surface area contributed by atoms with Crippen molar-refractivity contribution in [3.05, 3.63) is 10.8 Å². The van der Waals surface area contributed by atoms with Gasteiger partial charge < -0.3 is 9.47 Å². The van der Waals surface area contributed by atoms with Crippen LogP contribution in [0.4, 0.5) is 21.0 Å². The van der Waals surface area contributed by atoms with Gasteiger partial charge in [0.2, 0.25) is 0 Å². The number of nitrogens with one attached hydrogen (secondary N) is 2. The molecule has 0 aromatic carbocycles. The molecule has 0 unspecified atom stereocenters. The molecule has 0 aliphatic rings. The van der Waals surface area contributed by atoms with Gasteiger partial charge in [-0.15, -0.1) is 22.7 Å². The van der Waals surface area contributed by atoms with Crippen LogP contribution in [0.15, 0.2) is 10.8 Å². The molecule has 0 bridgehead atoms. The van der Waals surface area contributed by atoms with Crippen molar-refractivity contribution >= 4 is 55.6 Å². The van der Waals surface area contributed by atoms with E-state index in [2.05, 4.69) is 10.6 Å². The molecule has 0 atom stereocenters. The summed E-state index contributed by atoms with van der Waals surface area (Å²) in [5.41, 5.74) is 0.230. The molecule has 0 aliphatic heterocycles. The molecular formula is C16H22N2O4S2. The first kappa shape index (κ1) is 18.5. The Hall–Kier alpha value is -1.80. The number of carbonyl (C=O) groups is 2. The van der Waals surface area contributed by atoms with Gasteiger partial charge in [-0.1, -0.05) is 0 Å². The predicted molar refractivity (Wildman–Crippen MR) is 99.4 cm³/mol. The van der Waals surface area contributed by atoms with Crippen LogP contribution in [0.1, 0.15) is 41.5 Å². The Morgan fingerprint density at radius 1 is 0.792 bits per heavy atom. The highest BCUT2D eigenvalue weighted by molar-refractivity contribution is 7.28. The summed E-state index contributed by atoms with van der Waals surface area (Å²) in [4.78, 5) is 23.8. The summed E-state index contributed by atoms with van der Waals surface area (Å²) in [6, 6.07) is 0. The highest BCUT2D eigenvalue weighted by atomic mass is 32.1. The molecule has 6 nitrogen and oxygen atoms in total. The number of fused-ring (bicyclic) bond motifs is 1. The van der Waals surface area contributed by atoms with E-state index < -0.39 is 23.4 Å². The van der Waals surface area contributed by atoms with Crippen LogP contribution in [-0.2, 0) is 9.47 Å². The van der Waals surface area contributed by atoms with Gasteiger partial charge in [-0.25, -0.2) is 9.59 Å². The maximum Gasteiger partial charge on any atom is 0.412 e. The molecule has 0 saturated carbocycles. The number of hydrogen-bond acceptors (Lipinski definition) is 6. The Balaban J connectivity index is 2.11. The minimum absolute atomic E-state index is 0.503. The summed E-state index contributed by atoms with van der Waals surface area (Å²) >= 11 is 2.87. The third-order valence-corrected chi connectivity index (χ3v) is 4.71. The molecule has 2 heterocycles. The van der Waals surface area contributed by atoms with E-state index in [1.54, 1.807) is 0 Å². The van der Waals surface area contributed by atoms with Crippen LogP contribution in [0.2, 0.25) is 0 Å². The molecule has 2 amide bonds. The molecule has 2 aromatic rings. The molecule has 0 saturated heterocycles. The van der Waals surface area contributed by atoms with Gasteiger partial charge in [0, 0.05) is 10.8 Å². The Labute approximate surface area is 149 Å². The van der Waals surface area contributed by atoms with Crippen molar-refractivity contribution in [1.29, 1.82) is 0 Å². The van der Waals surface area contributed by atoms with Crippen LogP contribution in [0.25, 0.3) is 9.40 Å². The minimum atomic E-state index is -0.557. The summed E-state index contributed by atoms with van der Waals surface area (Å²) in [5, 5.41) is 9.13. The number of ether oxygens (including phenoxy) is 2. The van der Waals surface area contributed by atoms with Gasteiger partial charge in [-0.05, 0) is 41.5 Å². The fourth-order valence-electron chi connectivity index (χ4n) is 1.82. The van der Waals surface area contributed by atoms with E-state index in [1.165, 1.54) is 22.7 Å². The number of anilines is 2. The molecule has 132 valence electrons. The predicted octanol–water partition coefficient (Wildman–Crippen LogP) is 5.66. The van der Waals surface area contributed by atoms with Crippen molar-refractivity contribution in [3.8, 4) is 0 Å². The van der Waals surface area contributed by atoms with Gasteiger partial charge in [0.15, 0.2) is 0 Å². The molecular weight excluding hydrogens is 348 g/mol. The lowest BCUT2D eigenvalue weighted by atomic mass is 10.2. The van der Waals surface area contributed by atoms with E-state index in [9.17, 15) is 9.59 Å². The molecule has 24 heavy (non-hydrogen) atoms. The smallest absolute Gasteiger partial charge is 0.412 e. The third-order valence-electron chi connectivity index (χ3n) is 2.56. The standard InChI is InChI=1S/C16H22N2O4S2/c1-15(2,3)21-13(19)17-9-7-23-12-10(8-24-11(9)12)18-14(20)22-16(4,5)6/h7-8H,1-6H3,(H,17,19)(H,18,20). The van der Waals surface area contributed by atoms with Gasteiger partial charge in [0.1, 0.15) is 11.2 Å². The summed E-state index contributed by atoms with van der Waals surface area (Å²) in [6.45, 7) is 10.9. The molecule has 0 aliphatic carbocycles. The van der Waals surface area contributed by atoms with Crippen LogP contribution >= 0.6 is 22.7 Å². The quantitative estimate of drug-likeness (QED) is 0.715. The van der Waals surface area contributed by atoms with E-state index in [-0.39, 0.29) is 0 Å². The van der Waals surface area contributed by atoms with Crippen LogP contribution in [0.3, 0.4) is 0 Å². The van der Waals surface area contributed by atoms with Crippen molar-refractivity contribution in [2.45, 2.75) is 52.7 Å². The van der Waals surface area contributed by atoms with Gasteiger partial charge >= 0.3 is 12.2 Å². The highest BCUT2D eigenvalue weighted by Crippen LogP contribution is 2.41. The second-order valence-electron chi connectivity index (χ2n) is 7.21. The van der Waals surface area contributed by atoms with E-state index in [4.69, 9.17) is 9.47 Å². The number of amides is 2. The monoisotopic (exact) mass is 370 g/mol. The maximum absolute atomic E-state index is 11.9. The Kier molecular flexibility index (Phi) is 5.10. The van der Waals surface area contributed by atoms with E-state index in [0.29, 0.717) is 11.4 Å². The molecule has 0 spiro atoms. The normalized spacial score (nSPS) is 12.1. The van der Waals surface area contributed by atoms with Gasteiger partial charge in [-0.2, -0.15) is 0 Å². The molecule has 0 radical (unpaired) electrons. The molecule has 0 fully saturated rings. The summed E-state index contributed by atoms with van der Waals surface area (Å²) in [5.74, 6) is 0. The molecule has 2 N–H and O–H groups in total. The Morgan fingerprint density at radius 2 is 1.12 bits per heavy atom. The first-order valence-corrected chi connectivity index (χ1v) is 9.19. The van der Waals surface area contributed by atoms with Crippen molar-refractivity contribution in [3.63, 3.8) is 0 Å². The van der Waals surface area contributed by atoms with Crippen molar-refractivity contribution in [1.82, 2.24) is 0 Å². The van der Waals surface area contributed by atoms with Crippen molar-refractivity contribution < 1.29 is 19.1 Å². The zero-order valence-electron chi connectivity index (χ0n) is 14.6. The number of thiophene rings is 2. The van der Waals surface area contributed by atoms with E-state index >= 15 is 0 Å². The Morgan fingerprint density at radius 3 is 1.42 bits per heavy atom. The number of carbonyl (C=O) groups excluding carboxylic acids is 2. The number of hydrogen-bond donors (Lipinski definition) is 2. The largest absolute Gasteiger partial charge is 0.444 e. The van der Waals surface area contributed by atoms with E-state index in [1.807, 2.05) is 52.3 Å². The fraction of sp³-hybridized carbons (Fsp3) is 0.500. The zero-order chi connectivity index (χ0) is 18.1. The number of rotatable bonds is 2. The second-order valence-corrected chi connectivity index (χ2v) is 8.97. The van der Waals surface area contributed by atoms with Gasteiger partial charge in [0.05, 0.1) is 20.8 Å².